The Morgan fingerprint density at radius 1 is 1.36 bits per heavy atom. The number of aliphatic hydroxyl groups is 1. The maximum absolute atomic E-state index is 12.3. The number of rotatable bonds is 4. The van der Waals surface area contributed by atoms with Crippen LogP contribution in [0.5, 0.6) is 0 Å². The quantitative estimate of drug-likeness (QED) is 0.912. The molecule has 0 atom stereocenters. The zero-order chi connectivity index (χ0) is 15.7. The maximum Gasteiger partial charge on any atom is 0.224 e. The van der Waals surface area contributed by atoms with Crippen molar-refractivity contribution in [2.24, 2.45) is 0 Å². The number of carbonyl (C=O) groups excluding carboxylic acids is 1. The van der Waals surface area contributed by atoms with E-state index in [1.165, 1.54) is 0 Å². The van der Waals surface area contributed by atoms with Crippen molar-refractivity contribution in [3.05, 3.63) is 11.9 Å². The zero-order valence-electron chi connectivity index (χ0n) is 13.2. The van der Waals surface area contributed by atoms with E-state index in [2.05, 4.69) is 17.1 Å². The van der Waals surface area contributed by atoms with Gasteiger partial charge in [0.2, 0.25) is 5.91 Å². The molecular formula is C15H23N5O2. The van der Waals surface area contributed by atoms with Crippen molar-refractivity contribution < 1.29 is 9.90 Å². The van der Waals surface area contributed by atoms with Crippen molar-refractivity contribution >= 4 is 16.9 Å². The van der Waals surface area contributed by atoms with Crippen molar-refractivity contribution in [2.75, 3.05) is 13.1 Å². The molecule has 1 aliphatic rings. The Morgan fingerprint density at radius 2 is 2.09 bits per heavy atom. The van der Waals surface area contributed by atoms with Gasteiger partial charge in [0.15, 0.2) is 0 Å². The van der Waals surface area contributed by atoms with Gasteiger partial charge in [0, 0.05) is 26.1 Å². The lowest BCUT2D eigenvalue weighted by atomic mass is 10.1. The SMILES string of the molecule is CCn1nc(C)c2c1cnn2CCC(=O)N1CCC(O)CC1. The van der Waals surface area contributed by atoms with Crippen LogP contribution in [0.2, 0.25) is 0 Å². The second-order valence-electron chi connectivity index (χ2n) is 5.86. The van der Waals surface area contributed by atoms with Crippen molar-refractivity contribution in [3.8, 4) is 0 Å². The lowest BCUT2D eigenvalue weighted by molar-refractivity contribution is -0.133. The van der Waals surface area contributed by atoms with Crippen molar-refractivity contribution in [3.63, 3.8) is 0 Å². The third-order valence-electron chi connectivity index (χ3n) is 4.37. The van der Waals surface area contributed by atoms with Crippen LogP contribution in [0.25, 0.3) is 11.0 Å². The van der Waals surface area contributed by atoms with Crippen LogP contribution in [0, 0.1) is 6.92 Å². The molecule has 120 valence electrons. The Kier molecular flexibility index (Phi) is 4.15. The number of aryl methyl sites for hydroxylation is 3. The van der Waals surface area contributed by atoms with Gasteiger partial charge in [0.25, 0.3) is 0 Å². The first kappa shape index (κ1) is 15.0. The molecule has 3 rings (SSSR count). The predicted octanol–water partition coefficient (Wildman–Crippen LogP) is 0.935. The van der Waals surface area contributed by atoms with Crippen LogP contribution < -0.4 is 0 Å². The minimum absolute atomic E-state index is 0.135. The maximum atomic E-state index is 12.3. The summed E-state index contributed by atoms with van der Waals surface area (Å²) in [7, 11) is 0. The Balaban J connectivity index is 1.66. The molecule has 2 aromatic heterocycles. The van der Waals surface area contributed by atoms with Gasteiger partial charge in [-0.15, -0.1) is 0 Å². The number of nitrogens with zero attached hydrogens (tertiary/aromatic N) is 5. The number of piperidine rings is 1. The molecule has 0 saturated carbocycles. The van der Waals surface area contributed by atoms with E-state index >= 15 is 0 Å². The van der Waals surface area contributed by atoms with Crippen LogP contribution in [0.3, 0.4) is 0 Å². The molecule has 0 radical (unpaired) electrons. The van der Waals surface area contributed by atoms with E-state index in [1.807, 2.05) is 27.4 Å². The first-order chi connectivity index (χ1) is 10.6. The molecule has 0 aliphatic carbocycles. The highest BCUT2D eigenvalue weighted by molar-refractivity contribution is 5.79. The largest absolute Gasteiger partial charge is 0.393 e. The van der Waals surface area contributed by atoms with E-state index in [9.17, 15) is 9.90 Å². The normalized spacial score (nSPS) is 16.6. The second kappa shape index (κ2) is 6.08. The number of amides is 1. The topological polar surface area (TPSA) is 76.2 Å². The number of aromatic nitrogens is 4. The molecule has 1 N–H and O–H groups in total. The predicted molar refractivity (Wildman–Crippen MR) is 82.4 cm³/mol. The van der Waals surface area contributed by atoms with E-state index in [0.29, 0.717) is 38.9 Å². The summed E-state index contributed by atoms with van der Waals surface area (Å²) in [4.78, 5) is 14.1. The highest BCUT2D eigenvalue weighted by atomic mass is 16.3. The molecule has 2 aromatic rings. The van der Waals surface area contributed by atoms with Crippen molar-refractivity contribution in [1.29, 1.82) is 0 Å². The molecule has 0 aromatic carbocycles. The van der Waals surface area contributed by atoms with Gasteiger partial charge in [0.05, 0.1) is 24.5 Å². The molecule has 7 heteroatoms. The molecule has 7 nitrogen and oxygen atoms in total. The molecule has 1 fully saturated rings. The molecule has 0 spiro atoms. The number of likely N-dealkylation sites (tertiary alicyclic amines) is 1. The first-order valence-electron chi connectivity index (χ1n) is 7.95. The van der Waals surface area contributed by atoms with Crippen LogP contribution in [0.1, 0.15) is 31.9 Å². The molecule has 0 unspecified atom stereocenters. The molecule has 22 heavy (non-hydrogen) atoms. The molecule has 0 bridgehead atoms. The summed E-state index contributed by atoms with van der Waals surface area (Å²) < 4.78 is 3.81. The summed E-state index contributed by atoms with van der Waals surface area (Å²) in [5.74, 6) is 0.135. The van der Waals surface area contributed by atoms with Gasteiger partial charge in [-0.2, -0.15) is 10.2 Å². The summed E-state index contributed by atoms with van der Waals surface area (Å²) in [5.41, 5.74) is 2.99. The Morgan fingerprint density at radius 3 is 2.77 bits per heavy atom. The lowest BCUT2D eigenvalue weighted by Gasteiger charge is -2.29. The zero-order valence-corrected chi connectivity index (χ0v) is 13.2. The van der Waals surface area contributed by atoms with Crippen LogP contribution in [-0.2, 0) is 17.9 Å². The number of hydrogen-bond donors (Lipinski definition) is 1. The summed E-state index contributed by atoms with van der Waals surface area (Å²) in [6.07, 6.45) is 3.36. The molecular weight excluding hydrogens is 282 g/mol. The summed E-state index contributed by atoms with van der Waals surface area (Å²) in [6.45, 7) is 6.71. The van der Waals surface area contributed by atoms with Gasteiger partial charge in [-0.1, -0.05) is 0 Å². The van der Waals surface area contributed by atoms with Crippen molar-refractivity contribution in [2.45, 2.75) is 52.3 Å². The van der Waals surface area contributed by atoms with Gasteiger partial charge in [-0.25, -0.2) is 0 Å². The van der Waals surface area contributed by atoms with E-state index < -0.39 is 0 Å². The minimum atomic E-state index is -0.252. The summed E-state index contributed by atoms with van der Waals surface area (Å²) in [6, 6.07) is 0. The monoisotopic (exact) mass is 305 g/mol. The third kappa shape index (κ3) is 2.72. The van der Waals surface area contributed by atoms with Crippen LogP contribution in [-0.4, -0.2) is 54.7 Å². The van der Waals surface area contributed by atoms with Crippen LogP contribution in [0.15, 0.2) is 6.20 Å². The van der Waals surface area contributed by atoms with Crippen LogP contribution in [0.4, 0.5) is 0 Å². The van der Waals surface area contributed by atoms with Gasteiger partial charge >= 0.3 is 0 Å². The highest BCUT2D eigenvalue weighted by Gasteiger charge is 2.21. The number of hydrogen-bond acceptors (Lipinski definition) is 4. The highest BCUT2D eigenvalue weighted by Crippen LogP contribution is 2.18. The smallest absolute Gasteiger partial charge is 0.224 e. The standard InChI is InChI=1S/C15H23N5O2/c1-3-19-13-10-16-20(15(13)11(2)17-19)9-6-14(22)18-7-4-12(21)5-8-18/h10,12,21H,3-9H2,1-2H3. The van der Waals surface area contributed by atoms with E-state index in [0.717, 1.165) is 23.3 Å². The lowest BCUT2D eigenvalue weighted by Crippen LogP contribution is -2.40. The molecule has 1 saturated heterocycles. The van der Waals surface area contributed by atoms with E-state index in [4.69, 9.17) is 0 Å². The third-order valence-corrected chi connectivity index (χ3v) is 4.37. The fourth-order valence-corrected chi connectivity index (χ4v) is 3.10. The fourth-order valence-electron chi connectivity index (χ4n) is 3.10. The van der Waals surface area contributed by atoms with Gasteiger partial charge in [-0.3, -0.25) is 14.2 Å². The second-order valence-corrected chi connectivity index (χ2v) is 5.86. The van der Waals surface area contributed by atoms with Gasteiger partial charge < -0.3 is 10.0 Å². The molecule has 3 heterocycles. The average molecular weight is 305 g/mol. The summed E-state index contributed by atoms with van der Waals surface area (Å²) in [5, 5.41) is 18.4. The Hall–Kier alpha value is -1.89. The summed E-state index contributed by atoms with van der Waals surface area (Å²) >= 11 is 0. The number of aliphatic hydroxyl groups excluding tert-OH is 1. The van der Waals surface area contributed by atoms with E-state index in [-0.39, 0.29) is 12.0 Å². The Labute approximate surface area is 129 Å². The average Bonchev–Trinajstić information content (AvgIpc) is 3.07. The molecule has 1 amide bonds. The van der Waals surface area contributed by atoms with E-state index in [1.54, 1.807) is 0 Å². The van der Waals surface area contributed by atoms with Gasteiger partial charge in [-0.05, 0) is 26.7 Å². The van der Waals surface area contributed by atoms with Gasteiger partial charge in [0.1, 0.15) is 11.0 Å². The van der Waals surface area contributed by atoms with Crippen molar-refractivity contribution in [1.82, 2.24) is 24.5 Å². The fraction of sp³-hybridized carbons (Fsp3) is 0.667. The number of fused-ring (bicyclic) bond motifs is 1. The van der Waals surface area contributed by atoms with Crippen LogP contribution >= 0.6 is 0 Å². The first-order valence-corrected chi connectivity index (χ1v) is 7.95. The minimum Gasteiger partial charge on any atom is -0.393 e. The number of carbonyl (C=O) groups is 1. The Bertz CT molecular complexity index is 667. The molecule has 1 aliphatic heterocycles.